The molecule has 0 saturated carbocycles. The van der Waals surface area contributed by atoms with Gasteiger partial charge >= 0.3 is 5.96 Å². The maximum Gasteiger partial charge on any atom is 0.439 e. The van der Waals surface area contributed by atoms with Crippen LogP contribution in [0, 0.1) is 0 Å². The molecule has 14 nitrogen and oxygen atoms in total. The van der Waals surface area contributed by atoms with E-state index in [1.807, 2.05) is 52.0 Å². The minimum Gasteiger partial charge on any atom is -0.491 e. The summed E-state index contributed by atoms with van der Waals surface area (Å²) in [6.07, 6.45) is 1.82. The number of hydrogen-bond donors (Lipinski definition) is 5. The Morgan fingerprint density at radius 3 is 1.15 bits per heavy atom. The number of fused-ring (bicyclic) bond motifs is 8. The molecule has 324 valence electrons. The lowest BCUT2D eigenvalue weighted by Crippen LogP contribution is -2.85. The summed E-state index contributed by atoms with van der Waals surface area (Å²) in [5.41, 5.74) is 30.9. The third-order valence-electron chi connectivity index (χ3n) is 9.63. The summed E-state index contributed by atoms with van der Waals surface area (Å²) < 4.78 is 49.6. The van der Waals surface area contributed by atoms with Gasteiger partial charge < -0.3 is 49.4 Å². The van der Waals surface area contributed by atoms with E-state index in [0.717, 1.165) is 61.7 Å². The van der Waals surface area contributed by atoms with Crippen LogP contribution >= 0.6 is 0 Å². The average molecular weight is 829 g/mol. The van der Waals surface area contributed by atoms with Gasteiger partial charge in [0.05, 0.1) is 32.1 Å². The number of aliphatic imine (C=N–C) groups is 1. The van der Waals surface area contributed by atoms with Crippen LogP contribution in [0.4, 0.5) is 11.4 Å². The van der Waals surface area contributed by atoms with Crippen molar-refractivity contribution in [2.24, 2.45) is 22.2 Å². The van der Waals surface area contributed by atoms with E-state index >= 15 is 0 Å². The number of nitrogens with one attached hydrogen (secondary N) is 1. The second kappa shape index (κ2) is 24.0. The Morgan fingerprint density at radius 2 is 0.817 bits per heavy atom. The molecular formula is C46H64N6O8+2. The van der Waals surface area contributed by atoms with Crippen LogP contribution in [-0.4, -0.2) is 91.2 Å². The Balaban J connectivity index is 1.82. The highest BCUT2D eigenvalue weighted by Crippen LogP contribution is 2.41. The van der Waals surface area contributed by atoms with Gasteiger partial charge in [-0.15, -0.1) is 0 Å². The van der Waals surface area contributed by atoms with E-state index in [1.54, 1.807) is 0 Å². The summed E-state index contributed by atoms with van der Waals surface area (Å²) in [7, 11) is 0. The van der Waals surface area contributed by atoms with E-state index in [-0.39, 0.29) is 5.96 Å². The monoisotopic (exact) mass is 828 g/mol. The number of guanidine groups is 2. The fourth-order valence-corrected chi connectivity index (χ4v) is 7.27. The van der Waals surface area contributed by atoms with Crippen LogP contribution in [0.1, 0.15) is 72.2 Å². The molecule has 0 radical (unpaired) electrons. The van der Waals surface area contributed by atoms with E-state index in [4.69, 9.17) is 55.1 Å². The smallest absolute Gasteiger partial charge is 0.439 e. The molecule has 0 aromatic heterocycles. The van der Waals surface area contributed by atoms with Crippen molar-refractivity contribution < 1.29 is 48.6 Å². The maximum absolute atomic E-state index is 6.70. The lowest BCUT2D eigenvalue weighted by Gasteiger charge is -2.23. The van der Waals surface area contributed by atoms with Gasteiger partial charge in [-0.2, -0.15) is 4.99 Å². The molecule has 1 aliphatic rings. The Hall–Kier alpha value is -5.38. The fourth-order valence-electron chi connectivity index (χ4n) is 7.27. The van der Waals surface area contributed by atoms with E-state index in [2.05, 4.69) is 52.1 Å². The van der Waals surface area contributed by atoms with Crippen molar-refractivity contribution in [3.8, 4) is 23.0 Å². The fraction of sp³-hybridized carbons (Fsp3) is 0.435. The first-order chi connectivity index (χ1) is 29.2. The van der Waals surface area contributed by atoms with Crippen LogP contribution in [0.2, 0.25) is 0 Å². The SMILES string of the molecule is CCOCCOc1c2cccc1Cc1cc(N=C(N)N)cc(c1OCCOCC)Cc1cc([NH+]=C(N)[NH3+])cc(c1OCCOCC)Cc1cccc(c1OCCOCC)C2. The molecule has 10 N–H and O–H groups in total. The predicted octanol–water partition coefficient (Wildman–Crippen LogP) is 3.20. The van der Waals surface area contributed by atoms with Gasteiger partial charge in [-0.1, -0.05) is 36.4 Å². The minimum absolute atomic E-state index is 0.0590. The number of para-hydroxylation sites is 2. The number of rotatable bonds is 22. The highest BCUT2D eigenvalue weighted by atomic mass is 16.5. The molecule has 0 spiro atoms. The van der Waals surface area contributed by atoms with Crippen molar-refractivity contribution in [3.05, 3.63) is 105 Å². The van der Waals surface area contributed by atoms with Crippen molar-refractivity contribution in [1.29, 1.82) is 0 Å². The molecule has 14 heteroatoms. The summed E-state index contributed by atoms with van der Waals surface area (Å²) in [5, 5.41) is 0. The van der Waals surface area contributed by atoms with Crippen LogP contribution in [0.15, 0.2) is 65.7 Å². The molecule has 0 aliphatic heterocycles. The molecule has 60 heavy (non-hydrogen) atoms. The Bertz CT molecular complexity index is 1900. The number of nitrogens with zero attached hydrogens (tertiary/aromatic N) is 1. The second-order valence-corrected chi connectivity index (χ2v) is 14.1. The number of nitrogens with two attached hydrogens (primary N) is 3. The van der Waals surface area contributed by atoms with Crippen LogP contribution < -0.4 is 46.9 Å². The highest BCUT2D eigenvalue weighted by Gasteiger charge is 2.24. The summed E-state index contributed by atoms with van der Waals surface area (Å²) in [6, 6.07) is 20.5. The molecule has 0 heterocycles. The van der Waals surface area contributed by atoms with Gasteiger partial charge in [-0.3, -0.25) is 5.73 Å². The van der Waals surface area contributed by atoms with Gasteiger partial charge in [-0.25, -0.2) is 10.7 Å². The zero-order valence-corrected chi connectivity index (χ0v) is 35.7. The number of ether oxygens (including phenoxy) is 8. The molecule has 8 bridgehead atoms. The van der Waals surface area contributed by atoms with Crippen LogP contribution in [0.25, 0.3) is 0 Å². The standard InChI is InChI=1S/C46H62N6O8/c1-5-53-15-19-57-41-31-11-9-13-33(41)24-35-27-39(51-45(47)48)29-37(43(35)59-21-17-55-7-3)26-38-30-40(52-46(49)50)28-36(44(38)60-22-18-56-8-4)25-34-14-10-12-32(23-31)42(34)58-20-16-54-6-2/h9-14,27-30H,5-8,15-26H2,1-4H3,(H4,47,48,51)(H4,49,50,52)/p+2. The van der Waals surface area contributed by atoms with Gasteiger partial charge in [-0.05, 0) is 74.2 Å². The Morgan fingerprint density at radius 1 is 0.500 bits per heavy atom. The number of quaternary nitrogens is 1. The Labute approximate surface area is 354 Å². The summed E-state index contributed by atoms with van der Waals surface area (Å²) >= 11 is 0. The zero-order chi connectivity index (χ0) is 42.7. The lowest BCUT2D eigenvalue weighted by molar-refractivity contribution is -0.426. The molecule has 5 rings (SSSR count). The highest BCUT2D eigenvalue weighted by molar-refractivity contribution is 5.79. The first kappa shape index (κ1) is 45.7. The largest absolute Gasteiger partial charge is 0.491 e. The zero-order valence-electron chi connectivity index (χ0n) is 35.7. The third-order valence-corrected chi connectivity index (χ3v) is 9.63. The third kappa shape index (κ3) is 13.3. The summed E-state index contributed by atoms with van der Waals surface area (Å²) in [4.78, 5) is 7.79. The second-order valence-electron chi connectivity index (χ2n) is 14.1. The topological polar surface area (TPSA) is 206 Å². The quantitative estimate of drug-likeness (QED) is 0.0389. The van der Waals surface area contributed by atoms with Crippen LogP contribution in [0.5, 0.6) is 23.0 Å². The van der Waals surface area contributed by atoms with Crippen molar-refractivity contribution in [2.45, 2.75) is 53.4 Å². The number of benzene rings is 4. The first-order valence-corrected chi connectivity index (χ1v) is 20.9. The van der Waals surface area contributed by atoms with E-state index in [1.165, 1.54) is 0 Å². The minimum atomic E-state index is -0.0590. The van der Waals surface area contributed by atoms with Gasteiger partial charge in [0.25, 0.3) is 0 Å². The summed E-state index contributed by atoms with van der Waals surface area (Å²) in [5.74, 6) is 3.22. The van der Waals surface area contributed by atoms with Crippen molar-refractivity contribution in [1.82, 2.24) is 0 Å². The summed E-state index contributed by atoms with van der Waals surface area (Å²) in [6.45, 7) is 13.3. The molecule has 4 aromatic carbocycles. The molecule has 0 saturated heterocycles. The molecule has 4 aromatic rings. The lowest BCUT2D eigenvalue weighted by atomic mass is 9.90. The average Bonchev–Trinajstić information content (AvgIpc) is 3.20. The van der Waals surface area contributed by atoms with E-state index in [9.17, 15) is 0 Å². The normalized spacial score (nSPS) is 12.5. The van der Waals surface area contributed by atoms with E-state index in [0.29, 0.717) is 128 Å². The van der Waals surface area contributed by atoms with Gasteiger partial charge in [0, 0.05) is 74.4 Å². The predicted molar refractivity (Wildman–Crippen MR) is 233 cm³/mol. The first-order valence-electron chi connectivity index (χ1n) is 20.9. The molecule has 1 aliphatic carbocycles. The van der Waals surface area contributed by atoms with Crippen LogP contribution in [-0.2, 0) is 44.6 Å². The van der Waals surface area contributed by atoms with Crippen LogP contribution in [0.3, 0.4) is 0 Å². The van der Waals surface area contributed by atoms with Gasteiger partial charge in [0.2, 0.25) is 0 Å². The molecule has 0 amide bonds. The molecule has 0 unspecified atom stereocenters. The molecular weight excluding hydrogens is 765 g/mol. The van der Waals surface area contributed by atoms with Crippen molar-refractivity contribution in [3.63, 3.8) is 0 Å². The van der Waals surface area contributed by atoms with Crippen molar-refractivity contribution in [2.75, 3.05) is 79.3 Å². The Kier molecular flexibility index (Phi) is 18.3. The molecule has 0 atom stereocenters. The van der Waals surface area contributed by atoms with Gasteiger partial charge in [0.1, 0.15) is 55.1 Å². The van der Waals surface area contributed by atoms with Crippen molar-refractivity contribution >= 4 is 23.3 Å². The number of hydrogen-bond acceptors (Lipinski definition) is 9. The van der Waals surface area contributed by atoms with E-state index < -0.39 is 0 Å². The molecule has 0 fully saturated rings. The maximum atomic E-state index is 6.70. The van der Waals surface area contributed by atoms with Gasteiger partial charge in [0.15, 0.2) is 5.96 Å².